The van der Waals surface area contributed by atoms with E-state index in [0.717, 1.165) is 0 Å². The molecular weight excluding hydrogens is 435 g/mol. The lowest BCUT2D eigenvalue weighted by atomic mass is 10.2. The van der Waals surface area contributed by atoms with Gasteiger partial charge in [-0.25, -0.2) is 9.55 Å². The molecule has 166 valence electrons. The summed E-state index contributed by atoms with van der Waals surface area (Å²) in [7, 11) is -4.37. The molecule has 4 heterocycles. The molecule has 0 spiro atoms. The maximum absolute atomic E-state index is 12.4. The lowest BCUT2D eigenvalue weighted by molar-refractivity contribution is -0.135. The fourth-order valence-electron chi connectivity index (χ4n) is 3.33. The van der Waals surface area contributed by atoms with E-state index in [9.17, 15) is 19.0 Å². The van der Waals surface area contributed by atoms with Gasteiger partial charge in [-0.1, -0.05) is 0 Å². The number of fused-ring (bicyclic) bond motifs is 3. The van der Waals surface area contributed by atoms with Crippen LogP contribution in [0.5, 0.6) is 0 Å². The third-order valence-electron chi connectivity index (χ3n) is 4.73. The Bertz CT molecular complexity index is 1140. The van der Waals surface area contributed by atoms with Gasteiger partial charge in [0.25, 0.3) is 11.5 Å². The van der Waals surface area contributed by atoms with Crippen molar-refractivity contribution in [3.63, 3.8) is 0 Å². The summed E-state index contributed by atoms with van der Waals surface area (Å²) >= 11 is 0. The highest BCUT2D eigenvalue weighted by Crippen LogP contribution is 2.44. The molecule has 0 aromatic carbocycles. The molecule has 31 heavy (non-hydrogen) atoms. The van der Waals surface area contributed by atoms with Crippen LogP contribution in [0.25, 0.3) is 11.2 Å². The Labute approximate surface area is 174 Å². The molecule has 4 rings (SSSR count). The number of ether oxygens (including phenoxy) is 2. The van der Waals surface area contributed by atoms with Gasteiger partial charge in [0.05, 0.1) is 38.1 Å². The first-order valence-electron chi connectivity index (χ1n) is 9.35. The van der Waals surface area contributed by atoms with Crippen molar-refractivity contribution < 1.29 is 32.8 Å². The quantitative estimate of drug-likeness (QED) is 0.398. The number of carbonyl (C=O) groups excluding carboxylic acids is 1. The standard InChI is InChI=1S/C16H19N6O8P/c1-8-13(23)20-16-19-12-11(14(24)21-16)18-7-22(12)15-10(29-8)5-9(30-15)6-28-31(25,26)27-4-2-3-17/h7-10,15H,2,4-6H2,1H3,(H,25,26)(H2,19,20,21,23,24)/t8?,9-,10+,15+/m0/s1. The van der Waals surface area contributed by atoms with E-state index in [1.54, 1.807) is 6.07 Å². The summed E-state index contributed by atoms with van der Waals surface area (Å²) in [6, 6.07) is 1.79. The van der Waals surface area contributed by atoms with Crippen molar-refractivity contribution in [2.24, 2.45) is 0 Å². The predicted molar refractivity (Wildman–Crippen MR) is 102 cm³/mol. The number of anilines is 1. The number of imidazole rings is 1. The van der Waals surface area contributed by atoms with E-state index in [1.165, 1.54) is 17.8 Å². The molecule has 0 aliphatic carbocycles. The molecule has 1 amide bonds. The second-order valence-corrected chi connectivity index (χ2v) is 8.39. The number of aromatic nitrogens is 4. The highest BCUT2D eigenvalue weighted by atomic mass is 31.2. The zero-order chi connectivity index (χ0) is 22.2. The third kappa shape index (κ3) is 4.52. The van der Waals surface area contributed by atoms with Gasteiger partial charge in [-0.3, -0.25) is 33.5 Å². The number of amides is 1. The van der Waals surface area contributed by atoms with Crippen LogP contribution in [0.1, 0.15) is 26.0 Å². The number of phosphoric acid groups is 1. The van der Waals surface area contributed by atoms with Gasteiger partial charge >= 0.3 is 7.82 Å². The van der Waals surface area contributed by atoms with Gasteiger partial charge in [-0.05, 0) is 6.92 Å². The molecule has 14 nitrogen and oxygen atoms in total. The fourth-order valence-corrected chi connectivity index (χ4v) is 4.08. The zero-order valence-corrected chi connectivity index (χ0v) is 17.2. The van der Waals surface area contributed by atoms with Crippen molar-refractivity contribution in [3.8, 4) is 6.07 Å². The number of hydrogen-bond donors (Lipinski definition) is 3. The number of nitrogens with one attached hydrogen (secondary N) is 2. The Balaban J connectivity index is 1.57. The molecule has 2 aromatic rings. The monoisotopic (exact) mass is 454 g/mol. The number of hydrogen-bond acceptors (Lipinski definition) is 10. The molecule has 15 heteroatoms. The minimum absolute atomic E-state index is 0.0493. The zero-order valence-electron chi connectivity index (χ0n) is 16.3. The Morgan fingerprint density at radius 2 is 2.23 bits per heavy atom. The molecule has 0 saturated carbocycles. The van der Waals surface area contributed by atoms with E-state index in [1.807, 2.05) is 0 Å². The number of H-pyrrole nitrogens is 1. The molecule has 2 aromatic heterocycles. The van der Waals surface area contributed by atoms with Crippen molar-refractivity contribution in [2.75, 3.05) is 18.5 Å². The molecular formula is C16H19N6O8P. The first-order chi connectivity index (χ1) is 14.8. The van der Waals surface area contributed by atoms with E-state index >= 15 is 0 Å². The normalized spacial score (nSPS) is 27.5. The van der Waals surface area contributed by atoms with E-state index < -0.39 is 43.8 Å². The number of rotatable bonds is 6. The van der Waals surface area contributed by atoms with Gasteiger partial charge in [-0.2, -0.15) is 10.2 Å². The number of nitriles is 1. The largest absolute Gasteiger partial charge is 0.472 e. The topological polar surface area (TPSA) is 191 Å². The number of aromatic amines is 1. The average molecular weight is 454 g/mol. The summed E-state index contributed by atoms with van der Waals surface area (Å²) in [4.78, 5) is 45.1. The fraction of sp³-hybridized carbons (Fsp3) is 0.562. The SMILES string of the molecule is CC1O[C@@H]2C[C@@H](COP(=O)(O)OCCC#N)O[C@H]2n2cnc3c(=O)[nH]c(nc32)NC1=O. The maximum Gasteiger partial charge on any atom is 0.472 e. The minimum atomic E-state index is -4.37. The Morgan fingerprint density at radius 3 is 3.00 bits per heavy atom. The summed E-state index contributed by atoms with van der Waals surface area (Å²) < 4.78 is 34.9. The van der Waals surface area contributed by atoms with Crippen LogP contribution in [0.15, 0.2) is 11.1 Å². The summed E-state index contributed by atoms with van der Waals surface area (Å²) in [5.41, 5.74) is -0.292. The number of nitrogens with zero attached hydrogens (tertiary/aromatic N) is 4. The van der Waals surface area contributed by atoms with Crippen LogP contribution in [0, 0.1) is 11.3 Å². The van der Waals surface area contributed by atoms with Gasteiger partial charge in [-0.15, -0.1) is 0 Å². The molecule has 3 N–H and O–H groups in total. The van der Waals surface area contributed by atoms with Crippen LogP contribution in [0.3, 0.4) is 0 Å². The van der Waals surface area contributed by atoms with Gasteiger partial charge in [0, 0.05) is 6.42 Å². The molecule has 1 fully saturated rings. The highest BCUT2D eigenvalue weighted by molar-refractivity contribution is 7.47. The molecule has 2 aliphatic heterocycles. The average Bonchev–Trinajstić information content (AvgIpc) is 3.30. The van der Waals surface area contributed by atoms with Crippen molar-refractivity contribution in [1.29, 1.82) is 5.26 Å². The summed E-state index contributed by atoms with van der Waals surface area (Å²) in [5.74, 6) is -0.563. The Hall–Kier alpha value is -2.66. The van der Waals surface area contributed by atoms with Crippen molar-refractivity contribution >= 4 is 30.8 Å². The van der Waals surface area contributed by atoms with Crippen molar-refractivity contribution in [3.05, 3.63) is 16.7 Å². The van der Waals surface area contributed by atoms with Crippen LogP contribution in [-0.2, 0) is 27.9 Å². The summed E-state index contributed by atoms with van der Waals surface area (Å²) in [6.45, 7) is 0.984. The lowest BCUT2D eigenvalue weighted by Crippen LogP contribution is -2.36. The van der Waals surface area contributed by atoms with Crippen LogP contribution in [0.4, 0.5) is 5.95 Å². The van der Waals surface area contributed by atoms with Crippen LogP contribution >= 0.6 is 7.82 Å². The van der Waals surface area contributed by atoms with E-state index in [0.29, 0.717) is 0 Å². The third-order valence-corrected chi connectivity index (χ3v) is 5.72. The van der Waals surface area contributed by atoms with Gasteiger partial charge < -0.3 is 14.4 Å². The second kappa shape index (κ2) is 8.46. The van der Waals surface area contributed by atoms with E-state index in [4.69, 9.17) is 23.8 Å². The second-order valence-electron chi connectivity index (χ2n) is 6.93. The van der Waals surface area contributed by atoms with Gasteiger partial charge in [0.15, 0.2) is 17.4 Å². The molecule has 2 unspecified atom stereocenters. The van der Waals surface area contributed by atoms with Gasteiger partial charge in [0.2, 0.25) is 5.95 Å². The van der Waals surface area contributed by atoms with Crippen molar-refractivity contribution in [2.45, 2.75) is 44.3 Å². The van der Waals surface area contributed by atoms with E-state index in [2.05, 4.69) is 20.3 Å². The van der Waals surface area contributed by atoms with Crippen molar-refractivity contribution in [1.82, 2.24) is 19.5 Å². The predicted octanol–water partition coefficient (Wildman–Crippen LogP) is 0.180. The molecule has 2 bridgehead atoms. The summed E-state index contributed by atoms with van der Waals surface area (Å²) in [5, 5.41) is 11.0. The summed E-state index contributed by atoms with van der Waals surface area (Å²) in [6.07, 6.45) is -1.54. The van der Waals surface area contributed by atoms with Crippen LogP contribution < -0.4 is 10.9 Å². The Kier molecular flexibility index (Phi) is 5.89. The van der Waals surface area contributed by atoms with E-state index in [-0.39, 0.29) is 43.2 Å². The molecule has 1 saturated heterocycles. The Morgan fingerprint density at radius 1 is 1.42 bits per heavy atom. The smallest absolute Gasteiger partial charge is 0.361 e. The minimum Gasteiger partial charge on any atom is -0.361 e. The number of phosphoric ester groups is 1. The lowest BCUT2D eigenvalue weighted by Gasteiger charge is -2.24. The molecule has 2 aliphatic rings. The molecule has 0 radical (unpaired) electrons. The first kappa shape index (κ1) is 21.6. The maximum atomic E-state index is 12.4. The number of carbonyl (C=O) groups is 1. The van der Waals surface area contributed by atoms with Crippen LogP contribution in [-0.4, -0.2) is 61.8 Å². The van der Waals surface area contributed by atoms with Gasteiger partial charge in [0.1, 0.15) is 12.2 Å². The van der Waals surface area contributed by atoms with Crippen LogP contribution in [0.2, 0.25) is 0 Å². The molecule has 5 atom stereocenters. The first-order valence-corrected chi connectivity index (χ1v) is 10.8. The highest BCUT2D eigenvalue weighted by Gasteiger charge is 2.41.